The second-order valence-corrected chi connectivity index (χ2v) is 6.56. The summed E-state index contributed by atoms with van der Waals surface area (Å²) in [5, 5.41) is 0. The van der Waals surface area contributed by atoms with Crippen molar-refractivity contribution in [1.29, 1.82) is 0 Å². The molecule has 3 heterocycles. The minimum Gasteiger partial charge on any atom is -0.494 e. The highest BCUT2D eigenvalue weighted by atomic mass is 16.5. The van der Waals surface area contributed by atoms with Crippen molar-refractivity contribution in [2.24, 2.45) is 0 Å². The van der Waals surface area contributed by atoms with Crippen LogP contribution in [0.2, 0.25) is 0 Å². The maximum absolute atomic E-state index is 5.80. The third-order valence-corrected chi connectivity index (χ3v) is 4.88. The quantitative estimate of drug-likeness (QED) is 0.675. The monoisotopic (exact) mass is 348 g/mol. The van der Waals surface area contributed by atoms with Crippen molar-refractivity contribution in [2.45, 2.75) is 32.4 Å². The van der Waals surface area contributed by atoms with Gasteiger partial charge in [0.25, 0.3) is 0 Å². The molecule has 3 aromatic rings. The first-order valence-corrected chi connectivity index (χ1v) is 9.25. The molecule has 0 saturated carbocycles. The minimum atomic E-state index is 0.341. The normalized spacial score (nSPS) is 17.5. The van der Waals surface area contributed by atoms with Gasteiger partial charge in [-0.1, -0.05) is 24.3 Å². The summed E-state index contributed by atoms with van der Waals surface area (Å²) in [6.07, 6.45) is 7.82. The third-order valence-electron chi connectivity index (χ3n) is 4.88. The first kappa shape index (κ1) is 16.8. The van der Waals surface area contributed by atoms with Gasteiger partial charge in [0.05, 0.1) is 18.3 Å². The van der Waals surface area contributed by atoms with Crippen LogP contribution in [-0.4, -0.2) is 32.6 Å². The van der Waals surface area contributed by atoms with Crippen LogP contribution in [-0.2, 0) is 6.54 Å². The van der Waals surface area contributed by atoms with Gasteiger partial charge in [-0.15, -0.1) is 0 Å². The standard InChI is InChI=1S/C21H24N4O/c1-2-26-20-10-4-3-7-17(20)15-24-13-6-9-19(24)18-8-5-11-21(23-18)25-14-12-22-16-25/h3-5,7-8,10-12,14,16,19H,2,6,9,13,15H2,1H3/t19-/m1/s1. The lowest BCUT2D eigenvalue weighted by molar-refractivity contribution is 0.238. The van der Waals surface area contributed by atoms with Crippen LogP contribution in [0.3, 0.4) is 0 Å². The second-order valence-electron chi connectivity index (χ2n) is 6.56. The lowest BCUT2D eigenvalue weighted by Crippen LogP contribution is -2.24. The smallest absolute Gasteiger partial charge is 0.138 e. The molecular weight excluding hydrogens is 324 g/mol. The fraction of sp³-hybridized carbons (Fsp3) is 0.333. The fourth-order valence-electron chi connectivity index (χ4n) is 3.66. The zero-order valence-corrected chi connectivity index (χ0v) is 15.1. The first-order valence-electron chi connectivity index (χ1n) is 9.25. The van der Waals surface area contributed by atoms with E-state index in [9.17, 15) is 0 Å². The summed E-state index contributed by atoms with van der Waals surface area (Å²) in [6.45, 7) is 4.69. The van der Waals surface area contributed by atoms with Gasteiger partial charge in [-0.25, -0.2) is 9.97 Å². The molecule has 134 valence electrons. The number of pyridine rings is 1. The number of hydrogen-bond acceptors (Lipinski definition) is 4. The molecule has 1 aliphatic rings. The Morgan fingerprint density at radius 2 is 2.08 bits per heavy atom. The van der Waals surface area contributed by atoms with Gasteiger partial charge in [-0.05, 0) is 44.5 Å². The number of benzene rings is 1. The van der Waals surface area contributed by atoms with Crippen LogP contribution in [0.5, 0.6) is 5.75 Å². The number of ether oxygens (including phenoxy) is 1. The van der Waals surface area contributed by atoms with Crippen molar-refractivity contribution in [3.63, 3.8) is 0 Å². The Morgan fingerprint density at radius 1 is 1.15 bits per heavy atom. The van der Waals surface area contributed by atoms with Gasteiger partial charge in [0.2, 0.25) is 0 Å². The number of likely N-dealkylation sites (tertiary alicyclic amines) is 1. The van der Waals surface area contributed by atoms with Gasteiger partial charge in [0.15, 0.2) is 0 Å². The Bertz CT molecular complexity index is 847. The Balaban J connectivity index is 1.57. The summed E-state index contributed by atoms with van der Waals surface area (Å²) in [4.78, 5) is 11.5. The molecule has 0 radical (unpaired) electrons. The largest absolute Gasteiger partial charge is 0.494 e. The Kier molecular flexibility index (Phi) is 4.97. The molecule has 1 aliphatic heterocycles. The minimum absolute atomic E-state index is 0.341. The Labute approximate surface area is 154 Å². The predicted octanol–water partition coefficient (Wildman–Crippen LogP) is 4.00. The molecule has 0 spiro atoms. The van der Waals surface area contributed by atoms with Crippen LogP contribution in [0, 0.1) is 0 Å². The van der Waals surface area contributed by atoms with E-state index in [1.165, 1.54) is 12.0 Å². The highest BCUT2D eigenvalue weighted by Crippen LogP contribution is 2.34. The molecule has 1 saturated heterocycles. The molecule has 5 heteroatoms. The molecule has 26 heavy (non-hydrogen) atoms. The summed E-state index contributed by atoms with van der Waals surface area (Å²) in [5.41, 5.74) is 2.37. The van der Waals surface area contributed by atoms with Gasteiger partial charge in [0.1, 0.15) is 17.9 Å². The highest BCUT2D eigenvalue weighted by molar-refractivity contribution is 5.34. The highest BCUT2D eigenvalue weighted by Gasteiger charge is 2.28. The van der Waals surface area contributed by atoms with Crippen molar-refractivity contribution in [3.05, 3.63) is 72.4 Å². The van der Waals surface area contributed by atoms with Gasteiger partial charge in [0, 0.05) is 24.5 Å². The Morgan fingerprint density at radius 3 is 2.92 bits per heavy atom. The molecule has 5 nitrogen and oxygen atoms in total. The summed E-state index contributed by atoms with van der Waals surface area (Å²) in [5.74, 6) is 1.90. The molecule has 0 N–H and O–H groups in total. The van der Waals surface area contributed by atoms with E-state index >= 15 is 0 Å². The van der Waals surface area contributed by atoms with E-state index in [2.05, 4.69) is 40.2 Å². The van der Waals surface area contributed by atoms with Gasteiger partial charge < -0.3 is 4.74 Å². The first-order chi connectivity index (χ1) is 12.8. The van der Waals surface area contributed by atoms with Crippen molar-refractivity contribution < 1.29 is 4.74 Å². The molecule has 0 aliphatic carbocycles. The van der Waals surface area contributed by atoms with Gasteiger partial charge in [-0.3, -0.25) is 9.47 Å². The number of nitrogens with zero attached hydrogens (tertiary/aromatic N) is 4. The molecule has 4 rings (SSSR count). The van der Waals surface area contributed by atoms with E-state index in [1.807, 2.05) is 29.8 Å². The van der Waals surface area contributed by atoms with Crippen LogP contribution in [0.4, 0.5) is 0 Å². The lowest BCUT2D eigenvalue weighted by atomic mass is 10.1. The molecule has 1 atom stereocenters. The van der Waals surface area contributed by atoms with E-state index in [0.717, 1.165) is 36.8 Å². The summed E-state index contributed by atoms with van der Waals surface area (Å²) in [6, 6.07) is 14.9. The van der Waals surface area contributed by atoms with Crippen LogP contribution >= 0.6 is 0 Å². The molecular formula is C21H24N4O. The van der Waals surface area contributed by atoms with Crippen LogP contribution in [0.15, 0.2) is 61.2 Å². The van der Waals surface area contributed by atoms with Crippen molar-refractivity contribution in [1.82, 2.24) is 19.4 Å². The zero-order valence-electron chi connectivity index (χ0n) is 15.1. The topological polar surface area (TPSA) is 43.2 Å². The lowest BCUT2D eigenvalue weighted by Gasteiger charge is -2.25. The average Bonchev–Trinajstić information content (AvgIpc) is 3.36. The predicted molar refractivity (Wildman–Crippen MR) is 101 cm³/mol. The SMILES string of the molecule is CCOc1ccccc1CN1CCC[C@@H]1c1cccc(-n2ccnc2)n1. The van der Waals surface area contributed by atoms with E-state index in [0.29, 0.717) is 12.6 Å². The maximum atomic E-state index is 5.80. The molecule has 0 amide bonds. The van der Waals surface area contributed by atoms with Crippen molar-refractivity contribution in [2.75, 3.05) is 13.2 Å². The number of para-hydroxylation sites is 1. The van der Waals surface area contributed by atoms with E-state index in [1.54, 1.807) is 12.5 Å². The molecule has 1 aromatic carbocycles. The number of aromatic nitrogens is 3. The van der Waals surface area contributed by atoms with Crippen LogP contribution in [0.25, 0.3) is 5.82 Å². The van der Waals surface area contributed by atoms with Gasteiger partial charge >= 0.3 is 0 Å². The molecule has 1 fully saturated rings. The molecule has 0 unspecified atom stereocenters. The summed E-state index contributed by atoms with van der Waals surface area (Å²) < 4.78 is 7.76. The molecule has 0 bridgehead atoms. The van der Waals surface area contributed by atoms with E-state index in [4.69, 9.17) is 9.72 Å². The average molecular weight is 348 g/mol. The van der Waals surface area contributed by atoms with Crippen LogP contribution < -0.4 is 4.74 Å². The van der Waals surface area contributed by atoms with Crippen molar-refractivity contribution >= 4 is 0 Å². The molecule has 2 aromatic heterocycles. The summed E-state index contributed by atoms with van der Waals surface area (Å²) in [7, 11) is 0. The fourth-order valence-corrected chi connectivity index (χ4v) is 3.66. The number of rotatable bonds is 6. The van der Waals surface area contributed by atoms with Crippen LogP contribution in [0.1, 0.15) is 37.1 Å². The maximum Gasteiger partial charge on any atom is 0.138 e. The van der Waals surface area contributed by atoms with Crippen molar-refractivity contribution in [3.8, 4) is 11.6 Å². The zero-order chi connectivity index (χ0) is 17.8. The van der Waals surface area contributed by atoms with Gasteiger partial charge in [-0.2, -0.15) is 0 Å². The van der Waals surface area contributed by atoms with E-state index < -0.39 is 0 Å². The number of imidazole rings is 1. The number of hydrogen-bond donors (Lipinski definition) is 0. The Hall–Kier alpha value is -2.66. The summed E-state index contributed by atoms with van der Waals surface area (Å²) >= 11 is 0. The van der Waals surface area contributed by atoms with E-state index in [-0.39, 0.29) is 0 Å². The third kappa shape index (κ3) is 3.48. The second kappa shape index (κ2) is 7.70.